The molecule has 0 saturated carbocycles. The second-order valence-corrected chi connectivity index (χ2v) is 7.11. The molecule has 2 rings (SSSR count). The maximum absolute atomic E-state index is 14.2. The smallest absolute Gasteiger partial charge is 0.320 e. The quantitative estimate of drug-likeness (QED) is 0.422. The molecule has 0 bridgehead atoms. The first kappa shape index (κ1) is 22.6. The number of amides is 1. The summed E-state index contributed by atoms with van der Waals surface area (Å²) in [6.07, 6.45) is -12.6. The molecule has 0 heterocycles. The van der Waals surface area contributed by atoms with Gasteiger partial charge in [-0.1, -0.05) is 12.1 Å². The predicted octanol–water partition coefficient (Wildman–Crippen LogP) is 6.89. The van der Waals surface area contributed by atoms with Crippen LogP contribution in [0.1, 0.15) is 15.9 Å². The fourth-order valence-electron chi connectivity index (χ4n) is 2.21. The Morgan fingerprint density at radius 2 is 1.32 bits per heavy atom. The highest BCUT2D eigenvalue weighted by Crippen LogP contribution is 2.54. The average molecular weight is 541 g/mol. The van der Waals surface area contributed by atoms with Crippen LogP contribution in [0.25, 0.3) is 0 Å². The Morgan fingerprint density at radius 3 is 1.75 bits per heavy atom. The lowest BCUT2D eigenvalue weighted by atomic mass is 9.94. The highest BCUT2D eigenvalue weighted by atomic mass is 79.9. The molecule has 152 valence electrons. The molecule has 0 radical (unpaired) electrons. The number of hydrogen-bond acceptors (Lipinski definition) is 1. The first-order chi connectivity index (χ1) is 12.7. The molecule has 0 aliphatic rings. The Balaban J connectivity index is 2.51. The molecule has 0 atom stereocenters. The van der Waals surface area contributed by atoms with E-state index in [1.807, 2.05) is 0 Å². The zero-order valence-electron chi connectivity index (χ0n) is 13.2. The summed E-state index contributed by atoms with van der Waals surface area (Å²) in [6, 6.07) is 5.22. The summed E-state index contributed by atoms with van der Waals surface area (Å²) in [5.74, 6) is -1.92. The number of anilines is 1. The molecule has 0 fully saturated rings. The first-order valence-electron chi connectivity index (χ1n) is 7.08. The summed E-state index contributed by atoms with van der Waals surface area (Å²) in [5, 5.41) is 2.13. The summed E-state index contributed by atoms with van der Waals surface area (Å²) in [7, 11) is 0. The van der Waals surface area contributed by atoms with Crippen molar-refractivity contribution < 1.29 is 39.9 Å². The van der Waals surface area contributed by atoms with Gasteiger partial charge in [0.05, 0.1) is 11.3 Å². The minimum absolute atomic E-state index is 0.239. The number of rotatable bonds is 3. The van der Waals surface area contributed by atoms with Gasteiger partial charge in [0.25, 0.3) is 5.91 Å². The molecule has 1 amide bonds. The van der Waals surface area contributed by atoms with E-state index in [9.17, 15) is 39.9 Å². The highest BCUT2D eigenvalue weighted by Gasteiger charge is 2.73. The summed E-state index contributed by atoms with van der Waals surface area (Å²) >= 11 is 5.41. The van der Waals surface area contributed by atoms with Crippen LogP contribution in [0.4, 0.5) is 40.8 Å². The van der Waals surface area contributed by atoms with Crippen LogP contribution in [0.2, 0.25) is 0 Å². The first-order valence-corrected chi connectivity index (χ1v) is 8.66. The Labute approximate surface area is 169 Å². The average Bonchev–Trinajstić information content (AvgIpc) is 2.55. The van der Waals surface area contributed by atoms with Gasteiger partial charge in [0, 0.05) is 14.5 Å². The molecule has 2 aromatic rings. The number of alkyl halides is 7. The van der Waals surface area contributed by atoms with E-state index in [-0.39, 0.29) is 17.8 Å². The van der Waals surface area contributed by atoms with Crippen LogP contribution in [-0.4, -0.2) is 18.3 Å². The van der Waals surface area contributed by atoms with E-state index >= 15 is 0 Å². The van der Waals surface area contributed by atoms with Gasteiger partial charge in [0.1, 0.15) is 5.82 Å². The third kappa shape index (κ3) is 4.02. The summed E-state index contributed by atoms with van der Waals surface area (Å²) in [5.41, 5.74) is -8.13. The van der Waals surface area contributed by atoms with Crippen molar-refractivity contribution in [3.63, 3.8) is 0 Å². The van der Waals surface area contributed by atoms with Crippen molar-refractivity contribution in [2.75, 3.05) is 5.32 Å². The van der Waals surface area contributed by atoms with Crippen molar-refractivity contribution >= 4 is 43.5 Å². The van der Waals surface area contributed by atoms with E-state index in [4.69, 9.17) is 0 Å². The molecule has 28 heavy (non-hydrogen) atoms. The van der Waals surface area contributed by atoms with E-state index < -0.39 is 49.8 Å². The van der Waals surface area contributed by atoms with Crippen molar-refractivity contribution in [2.24, 2.45) is 0 Å². The van der Waals surface area contributed by atoms with Gasteiger partial charge in [0.15, 0.2) is 0 Å². The van der Waals surface area contributed by atoms with Gasteiger partial charge in [-0.25, -0.2) is 8.78 Å². The molecule has 0 aromatic heterocycles. The van der Waals surface area contributed by atoms with Gasteiger partial charge in [-0.3, -0.25) is 4.79 Å². The zero-order chi connectivity index (χ0) is 21.5. The van der Waals surface area contributed by atoms with Crippen LogP contribution >= 0.6 is 31.9 Å². The van der Waals surface area contributed by atoms with Crippen molar-refractivity contribution in [1.82, 2.24) is 0 Å². The molecular formula is C16H7Br2F8NO. The number of halogens is 10. The zero-order valence-corrected chi connectivity index (χ0v) is 16.3. The number of carbonyl (C=O) groups is 1. The maximum Gasteiger partial charge on any atom is 0.435 e. The Kier molecular flexibility index (Phi) is 6.15. The third-order valence-corrected chi connectivity index (χ3v) is 4.83. The molecule has 0 saturated heterocycles. The van der Waals surface area contributed by atoms with Crippen molar-refractivity contribution in [1.29, 1.82) is 0 Å². The van der Waals surface area contributed by atoms with E-state index in [0.717, 1.165) is 12.1 Å². The Morgan fingerprint density at radius 1 is 0.857 bits per heavy atom. The minimum Gasteiger partial charge on any atom is -0.320 e. The van der Waals surface area contributed by atoms with Gasteiger partial charge in [-0.05, 0) is 56.1 Å². The van der Waals surface area contributed by atoms with Crippen molar-refractivity contribution in [3.05, 3.63) is 62.3 Å². The lowest BCUT2D eigenvalue weighted by molar-refractivity contribution is -0.348. The van der Waals surface area contributed by atoms with Gasteiger partial charge >= 0.3 is 18.0 Å². The number of carbonyl (C=O) groups excluding carboxylic acids is 1. The maximum atomic E-state index is 14.2. The monoisotopic (exact) mass is 539 g/mol. The second kappa shape index (κ2) is 7.62. The molecule has 1 N–H and O–H groups in total. The van der Waals surface area contributed by atoms with Gasteiger partial charge in [-0.15, -0.1) is 0 Å². The van der Waals surface area contributed by atoms with Crippen LogP contribution in [0.15, 0.2) is 45.3 Å². The second-order valence-electron chi connectivity index (χ2n) is 5.40. The molecule has 2 nitrogen and oxygen atoms in total. The minimum atomic E-state index is -6.29. The van der Waals surface area contributed by atoms with Gasteiger partial charge in [0.2, 0.25) is 0 Å². The highest BCUT2D eigenvalue weighted by molar-refractivity contribution is 9.11. The van der Waals surface area contributed by atoms with E-state index in [0.29, 0.717) is 0 Å². The Hall–Kier alpha value is -1.69. The number of benzene rings is 2. The summed E-state index contributed by atoms with van der Waals surface area (Å²) in [6.45, 7) is 0. The van der Waals surface area contributed by atoms with Crippen LogP contribution < -0.4 is 5.32 Å². The normalized spacial score (nSPS) is 12.8. The largest absolute Gasteiger partial charge is 0.435 e. The molecule has 0 aliphatic carbocycles. The fourth-order valence-corrected chi connectivity index (χ4v) is 3.59. The lowest BCUT2D eigenvalue weighted by Gasteiger charge is -2.31. The third-order valence-electron chi connectivity index (χ3n) is 3.58. The SMILES string of the molecule is O=C(Nc1c(Br)cc(C(F)(C(F)(F)F)C(F)(F)F)cc1Br)c1ccccc1F. The predicted molar refractivity (Wildman–Crippen MR) is 91.1 cm³/mol. The Bertz CT molecular complexity index is 873. The van der Waals surface area contributed by atoms with E-state index in [1.165, 1.54) is 12.1 Å². The van der Waals surface area contributed by atoms with Gasteiger partial charge < -0.3 is 5.32 Å². The molecule has 0 spiro atoms. The number of hydrogen-bond donors (Lipinski definition) is 1. The summed E-state index contributed by atoms with van der Waals surface area (Å²) in [4.78, 5) is 12.1. The lowest BCUT2D eigenvalue weighted by Crippen LogP contribution is -2.50. The summed E-state index contributed by atoms with van der Waals surface area (Å²) < 4.78 is 104. The molecule has 2 aromatic carbocycles. The van der Waals surface area contributed by atoms with Crippen LogP contribution in [0, 0.1) is 5.82 Å². The standard InChI is InChI=1S/C16H7Br2F8NO/c17-9-5-7(14(20,15(21,22)23)16(24,25)26)6-10(18)12(9)27-13(28)8-3-1-2-4-11(8)19/h1-6H,(H,27,28). The van der Waals surface area contributed by atoms with Crippen molar-refractivity contribution in [3.8, 4) is 0 Å². The van der Waals surface area contributed by atoms with E-state index in [1.54, 1.807) is 0 Å². The van der Waals surface area contributed by atoms with Crippen LogP contribution in [0.3, 0.4) is 0 Å². The molecular weight excluding hydrogens is 534 g/mol. The van der Waals surface area contributed by atoms with E-state index in [2.05, 4.69) is 37.2 Å². The molecule has 12 heteroatoms. The number of nitrogens with one attached hydrogen (secondary N) is 1. The van der Waals surface area contributed by atoms with Crippen LogP contribution in [-0.2, 0) is 5.67 Å². The van der Waals surface area contributed by atoms with Gasteiger partial charge in [-0.2, -0.15) is 26.3 Å². The topological polar surface area (TPSA) is 29.1 Å². The molecule has 0 aliphatic heterocycles. The molecule has 0 unspecified atom stereocenters. The van der Waals surface area contributed by atoms with Crippen LogP contribution in [0.5, 0.6) is 0 Å². The fraction of sp³-hybridized carbons (Fsp3) is 0.188. The van der Waals surface area contributed by atoms with Crippen molar-refractivity contribution in [2.45, 2.75) is 18.0 Å².